The van der Waals surface area contributed by atoms with Crippen molar-refractivity contribution in [3.8, 4) is 11.1 Å². The number of para-hydroxylation sites is 1. The van der Waals surface area contributed by atoms with Gasteiger partial charge in [-0.3, -0.25) is 29.4 Å². The number of benzene rings is 3. The number of likely N-dealkylation sites (tertiary alicyclic amines) is 1. The van der Waals surface area contributed by atoms with Crippen LogP contribution < -0.4 is 38.1 Å². The smallest absolute Gasteiger partial charge is 0.407 e. The van der Waals surface area contributed by atoms with Crippen LogP contribution in [0.15, 0.2) is 104 Å². The number of aromatic nitrogens is 1. The van der Waals surface area contributed by atoms with E-state index < -0.39 is 65.8 Å². The SMILES string of the molecule is C=CC[C@H](NC(=O)[C@H](CCCNC(=N)N)NC(=O)[C@H](Cc1c[nH]c2ccccc12)NC(=O)C1CCCN1C(=O)[C@H](CC=C)NC(=O)OCC1c2ccccc2-c2ccccc21)C(N)=O. The van der Waals surface area contributed by atoms with Gasteiger partial charge in [-0.25, -0.2) is 4.79 Å². The maximum absolute atomic E-state index is 14.3. The van der Waals surface area contributed by atoms with Crippen molar-refractivity contribution in [1.29, 1.82) is 5.41 Å². The van der Waals surface area contributed by atoms with Gasteiger partial charge in [-0.1, -0.05) is 78.9 Å². The Balaban J connectivity index is 1.17. The van der Waals surface area contributed by atoms with Crippen LogP contribution in [0.5, 0.6) is 0 Å². The largest absolute Gasteiger partial charge is 0.449 e. The lowest BCUT2D eigenvalue weighted by atomic mass is 9.98. The first-order chi connectivity index (χ1) is 30.9. The molecule has 2 aliphatic rings. The van der Waals surface area contributed by atoms with Crippen LogP contribution in [0, 0.1) is 5.41 Å². The van der Waals surface area contributed by atoms with Gasteiger partial charge < -0.3 is 52.7 Å². The van der Waals surface area contributed by atoms with Gasteiger partial charge in [0.2, 0.25) is 29.5 Å². The van der Waals surface area contributed by atoms with Crippen LogP contribution in [0.25, 0.3) is 22.0 Å². The zero-order chi connectivity index (χ0) is 45.8. The number of ether oxygens (including phenoxy) is 1. The van der Waals surface area contributed by atoms with Gasteiger partial charge in [-0.15, -0.1) is 13.2 Å². The van der Waals surface area contributed by atoms with Crippen molar-refractivity contribution in [1.82, 2.24) is 36.5 Å². The van der Waals surface area contributed by atoms with E-state index in [1.165, 1.54) is 17.1 Å². The average Bonchev–Trinajstić information content (AvgIpc) is 4.02. The van der Waals surface area contributed by atoms with Crippen molar-refractivity contribution < 1.29 is 33.5 Å². The minimum Gasteiger partial charge on any atom is -0.449 e. The lowest BCUT2D eigenvalue weighted by molar-refractivity contribution is -0.141. The van der Waals surface area contributed by atoms with Crippen molar-refractivity contribution >= 4 is 52.5 Å². The molecule has 17 nitrogen and oxygen atoms in total. The summed E-state index contributed by atoms with van der Waals surface area (Å²) in [6.07, 6.45) is 5.13. The molecule has 0 bridgehead atoms. The molecule has 0 radical (unpaired) electrons. The van der Waals surface area contributed by atoms with Gasteiger partial charge in [0.15, 0.2) is 5.96 Å². The molecular weight excluding hydrogens is 817 g/mol. The number of primary amides is 1. The number of H-pyrrole nitrogens is 1. The van der Waals surface area contributed by atoms with Crippen LogP contribution in [0.4, 0.5) is 4.79 Å². The molecule has 1 saturated heterocycles. The number of hydrogen-bond acceptors (Lipinski definition) is 8. The number of guanidine groups is 1. The summed E-state index contributed by atoms with van der Waals surface area (Å²) in [4.78, 5) is 86.5. The molecule has 17 heteroatoms. The van der Waals surface area contributed by atoms with Gasteiger partial charge in [0.1, 0.15) is 36.8 Å². The van der Waals surface area contributed by atoms with E-state index in [0.717, 1.165) is 33.2 Å². The highest BCUT2D eigenvalue weighted by Gasteiger charge is 2.40. The molecule has 0 spiro atoms. The molecule has 1 unspecified atom stereocenters. The minimum absolute atomic E-state index is 0.00525. The number of hydrogen-bond donors (Lipinski definition) is 9. The van der Waals surface area contributed by atoms with Gasteiger partial charge in [-0.05, 0) is 72.4 Å². The van der Waals surface area contributed by atoms with Gasteiger partial charge in [0.05, 0.1) is 0 Å². The highest BCUT2D eigenvalue weighted by atomic mass is 16.5. The third-order valence-corrected chi connectivity index (χ3v) is 11.6. The first kappa shape index (κ1) is 46.1. The molecule has 1 aromatic heterocycles. The predicted molar refractivity (Wildman–Crippen MR) is 242 cm³/mol. The van der Waals surface area contributed by atoms with E-state index in [1.807, 2.05) is 72.8 Å². The summed E-state index contributed by atoms with van der Waals surface area (Å²) in [5.74, 6) is -3.75. The van der Waals surface area contributed by atoms with Crippen LogP contribution in [0.1, 0.15) is 61.1 Å². The molecule has 1 aliphatic carbocycles. The molecule has 11 N–H and O–H groups in total. The normalized spacial score (nSPS) is 15.9. The molecule has 1 aliphatic heterocycles. The summed E-state index contributed by atoms with van der Waals surface area (Å²) in [6.45, 7) is 7.88. The molecular formula is C47H56N10O7. The fraction of sp³-hybridized carbons (Fsp3) is 0.340. The third kappa shape index (κ3) is 11.1. The van der Waals surface area contributed by atoms with Crippen LogP contribution in [-0.4, -0.2) is 101 Å². The first-order valence-electron chi connectivity index (χ1n) is 21.4. The van der Waals surface area contributed by atoms with Crippen molar-refractivity contribution in [2.75, 3.05) is 19.7 Å². The van der Waals surface area contributed by atoms with E-state index in [0.29, 0.717) is 12.0 Å². The number of fused-ring (bicyclic) bond motifs is 4. The maximum Gasteiger partial charge on any atom is 0.407 e. The number of amides is 6. The number of nitrogens with zero attached hydrogens (tertiary/aromatic N) is 1. The Bertz CT molecular complexity index is 2350. The number of rotatable bonds is 21. The molecule has 6 rings (SSSR count). The molecule has 3 aromatic carbocycles. The molecule has 6 amide bonds. The third-order valence-electron chi connectivity index (χ3n) is 11.6. The van der Waals surface area contributed by atoms with Crippen molar-refractivity contribution in [3.63, 3.8) is 0 Å². The Hall–Kier alpha value is -7.43. The summed E-state index contributed by atoms with van der Waals surface area (Å²) < 4.78 is 5.74. The second-order valence-electron chi connectivity index (χ2n) is 15.9. The number of carbonyl (C=O) groups is 6. The van der Waals surface area contributed by atoms with Crippen LogP contribution >= 0.6 is 0 Å². The monoisotopic (exact) mass is 872 g/mol. The molecule has 2 heterocycles. The van der Waals surface area contributed by atoms with E-state index in [2.05, 4.69) is 44.7 Å². The number of alkyl carbamates (subject to hydrolysis) is 1. The molecule has 64 heavy (non-hydrogen) atoms. The fourth-order valence-corrected chi connectivity index (χ4v) is 8.43. The number of nitrogens with two attached hydrogens (primary N) is 2. The second-order valence-corrected chi connectivity index (χ2v) is 15.9. The average molecular weight is 873 g/mol. The molecule has 336 valence electrons. The summed E-state index contributed by atoms with van der Waals surface area (Å²) in [5, 5.41) is 21.9. The van der Waals surface area contributed by atoms with Crippen LogP contribution in [0.2, 0.25) is 0 Å². The van der Waals surface area contributed by atoms with Gasteiger partial charge in [-0.2, -0.15) is 0 Å². The van der Waals surface area contributed by atoms with Crippen LogP contribution in [-0.2, 0) is 35.1 Å². The Morgan fingerprint density at radius 2 is 1.44 bits per heavy atom. The van der Waals surface area contributed by atoms with Crippen LogP contribution in [0.3, 0.4) is 0 Å². The Labute approximate surface area is 371 Å². The topological polar surface area (TPSA) is 267 Å². The van der Waals surface area contributed by atoms with Crippen molar-refractivity contribution in [2.24, 2.45) is 11.5 Å². The lowest BCUT2D eigenvalue weighted by Gasteiger charge is -2.30. The number of nitrogens with one attached hydrogen (secondary N) is 7. The summed E-state index contributed by atoms with van der Waals surface area (Å²) in [5.41, 5.74) is 16.7. The fourth-order valence-electron chi connectivity index (χ4n) is 8.43. The molecule has 4 aromatic rings. The van der Waals surface area contributed by atoms with E-state index in [9.17, 15) is 28.8 Å². The van der Waals surface area contributed by atoms with E-state index >= 15 is 0 Å². The first-order valence-corrected chi connectivity index (χ1v) is 21.4. The highest BCUT2D eigenvalue weighted by molar-refractivity contribution is 5.97. The van der Waals surface area contributed by atoms with E-state index in [-0.39, 0.29) is 70.1 Å². The summed E-state index contributed by atoms with van der Waals surface area (Å²) >= 11 is 0. The molecule has 5 atom stereocenters. The minimum atomic E-state index is -1.24. The maximum atomic E-state index is 14.3. The van der Waals surface area contributed by atoms with Gasteiger partial charge in [0, 0.05) is 42.5 Å². The summed E-state index contributed by atoms with van der Waals surface area (Å²) in [7, 11) is 0. The Kier molecular flexibility index (Phi) is 15.5. The second kappa shape index (κ2) is 21.6. The lowest BCUT2D eigenvalue weighted by Crippen LogP contribution is -2.59. The summed E-state index contributed by atoms with van der Waals surface area (Å²) in [6, 6.07) is 17.8. The molecule has 1 fully saturated rings. The van der Waals surface area contributed by atoms with Crippen molar-refractivity contribution in [2.45, 2.75) is 81.1 Å². The van der Waals surface area contributed by atoms with Crippen molar-refractivity contribution in [3.05, 3.63) is 121 Å². The van der Waals surface area contributed by atoms with Gasteiger partial charge in [0.25, 0.3) is 0 Å². The highest BCUT2D eigenvalue weighted by Crippen LogP contribution is 2.44. The predicted octanol–water partition coefficient (Wildman–Crippen LogP) is 2.96. The van der Waals surface area contributed by atoms with E-state index in [1.54, 1.807) is 6.20 Å². The van der Waals surface area contributed by atoms with E-state index in [4.69, 9.17) is 21.6 Å². The Morgan fingerprint density at radius 1 is 0.812 bits per heavy atom. The number of aromatic amines is 1. The molecule has 0 saturated carbocycles. The zero-order valence-corrected chi connectivity index (χ0v) is 35.6. The van der Waals surface area contributed by atoms with Gasteiger partial charge >= 0.3 is 6.09 Å². The zero-order valence-electron chi connectivity index (χ0n) is 35.6. The standard InChI is InChI=1S/C47H56N10O7/c1-3-13-36(41(48)58)53-42(59)37(21-11-23-51-46(49)50)54-43(60)39(25-28-26-52-35-20-10-9-15-29(28)35)55-44(61)40-22-12-24-57(40)45(62)38(14-4-2)56-47(63)64-27-34-32-18-7-5-16-30(32)31-17-6-8-19-33(31)34/h3-10,15-20,26,34,36-40,52H,1-2,11-14,21-25,27H2,(H2,48,58)(H,53,59)(H,54,60)(H,55,61)(H,56,63)(H4,49,50,51)/t36-,37-,38-,39-,40?/m0/s1. The quantitative estimate of drug-likeness (QED) is 0.0258. The number of carbonyl (C=O) groups excluding carboxylic acids is 6. The Morgan fingerprint density at radius 3 is 2.11 bits per heavy atom.